The number of amides is 1. The molecule has 4 nitrogen and oxygen atoms in total. The largest absolute Gasteiger partial charge is 0.468 e. The van der Waals surface area contributed by atoms with Gasteiger partial charge < -0.3 is 9.73 Å². The van der Waals surface area contributed by atoms with Gasteiger partial charge in [-0.05, 0) is 29.7 Å². The van der Waals surface area contributed by atoms with Crippen LogP contribution in [0.1, 0.15) is 16.7 Å². The van der Waals surface area contributed by atoms with Crippen LogP contribution < -0.4 is 5.32 Å². The van der Waals surface area contributed by atoms with Gasteiger partial charge in [-0.15, -0.1) is 11.3 Å². The Balaban J connectivity index is 1.58. The third kappa shape index (κ3) is 4.73. The molecule has 122 valence electrons. The molecular weight excluding hydrogens is 328 g/mol. The molecule has 3 heterocycles. The van der Waals surface area contributed by atoms with Crippen molar-refractivity contribution >= 4 is 35.1 Å². The van der Waals surface area contributed by atoms with E-state index in [1.165, 1.54) is 0 Å². The summed E-state index contributed by atoms with van der Waals surface area (Å²) in [6.45, 7) is 2.61. The monoisotopic (exact) mass is 348 g/mol. The average molecular weight is 348 g/mol. The number of hydrogen-bond acceptors (Lipinski definition) is 5. The number of carbonyl (C=O) groups is 1. The summed E-state index contributed by atoms with van der Waals surface area (Å²) in [7, 11) is 0. The fourth-order valence-electron chi connectivity index (χ4n) is 2.58. The summed E-state index contributed by atoms with van der Waals surface area (Å²) >= 11 is 3.59. The first-order chi connectivity index (χ1) is 11.3. The van der Waals surface area contributed by atoms with Crippen LogP contribution in [0.5, 0.6) is 0 Å². The third-order valence-electron chi connectivity index (χ3n) is 3.77. The Hall–Kier alpha value is -1.50. The van der Waals surface area contributed by atoms with Gasteiger partial charge in [0.25, 0.3) is 0 Å². The van der Waals surface area contributed by atoms with Gasteiger partial charge >= 0.3 is 0 Å². The number of carbonyl (C=O) groups excluding carboxylic acids is 1. The highest BCUT2D eigenvalue weighted by molar-refractivity contribution is 7.99. The molecule has 1 saturated heterocycles. The predicted molar refractivity (Wildman–Crippen MR) is 96.7 cm³/mol. The first-order valence-corrected chi connectivity index (χ1v) is 9.71. The zero-order chi connectivity index (χ0) is 15.9. The average Bonchev–Trinajstić information content (AvgIpc) is 3.28. The predicted octanol–water partition coefficient (Wildman–Crippen LogP) is 3.26. The number of furan rings is 1. The van der Waals surface area contributed by atoms with Gasteiger partial charge in [0, 0.05) is 42.1 Å². The minimum Gasteiger partial charge on any atom is -0.468 e. The topological polar surface area (TPSA) is 45.5 Å². The summed E-state index contributed by atoms with van der Waals surface area (Å²) in [6, 6.07) is 7.96. The van der Waals surface area contributed by atoms with Gasteiger partial charge in [0.15, 0.2) is 0 Å². The highest BCUT2D eigenvalue weighted by atomic mass is 32.2. The van der Waals surface area contributed by atoms with E-state index in [4.69, 9.17) is 4.42 Å². The number of rotatable bonds is 6. The van der Waals surface area contributed by atoms with Crippen molar-refractivity contribution in [1.29, 1.82) is 0 Å². The fourth-order valence-corrected chi connectivity index (χ4v) is 4.13. The summed E-state index contributed by atoms with van der Waals surface area (Å²) in [5, 5.41) is 5.00. The number of nitrogens with one attached hydrogen (secondary N) is 1. The van der Waals surface area contributed by atoms with Crippen LogP contribution >= 0.6 is 23.1 Å². The maximum atomic E-state index is 12.0. The van der Waals surface area contributed by atoms with Crippen LogP contribution in [0, 0.1) is 0 Å². The van der Waals surface area contributed by atoms with E-state index < -0.39 is 0 Å². The van der Waals surface area contributed by atoms with Crippen LogP contribution in [0.25, 0.3) is 6.08 Å². The van der Waals surface area contributed by atoms with Crippen LogP contribution in [-0.4, -0.2) is 41.9 Å². The van der Waals surface area contributed by atoms with Crippen molar-refractivity contribution in [3.05, 3.63) is 52.6 Å². The molecule has 1 atom stereocenters. The number of nitrogens with zero attached hydrogens (tertiary/aromatic N) is 1. The van der Waals surface area contributed by atoms with Gasteiger partial charge in [-0.3, -0.25) is 9.69 Å². The first kappa shape index (κ1) is 16.4. The Morgan fingerprint density at radius 2 is 2.22 bits per heavy atom. The number of thioether (sulfide) groups is 1. The molecule has 0 saturated carbocycles. The molecule has 23 heavy (non-hydrogen) atoms. The van der Waals surface area contributed by atoms with Crippen LogP contribution in [0.3, 0.4) is 0 Å². The SMILES string of the molecule is O=C(/C=C/c1cccs1)NC[C@@H](c1ccco1)N1CCSCC1. The Morgan fingerprint density at radius 3 is 2.91 bits per heavy atom. The maximum Gasteiger partial charge on any atom is 0.244 e. The molecule has 0 aromatic carbocycles. The Labute approximate surface area is 144 Å². The van der Waals surface area contributed by atoms with Crippen LogP contribution in [0.2, 0.25) is 0 Å². The fraction of sp³-hybridized carbons (Fsp3) is 0.353. The van der Waals surface area contributed by atoms with Gasteiger partial charge in [0.1, 0.15) is 5.76 Å². The smallest absolute Gasteiger partial charge is 0.244 e. The van der Waals surface area contributed by atoms with Crippen LogP contribution in [-0.2, 0) is 4.79 Å². The third-order valence-corrected chi connectivity index (χ3v) is 5.55. The zero-order valence-corrected chi connectivity index (χ0v) is 14.4. The van der Waals surface area contributed by atoms with Crippen molar-refractivity contribution in [1.82, 2.24) is 10.2 Å². The van der Waals surface area contributed by atoms with E-state index in [1.54, 1.807) is 23.7 Å². The van der Waals surface area contributed by atoms with Crippen molar-refractivity contribution in [2.75, 3.05) is 31.1 Å². The number of hydrogen-bond donors (Lipinski definition) is 1. The second-order valence-electron chi connectivity index (χ2n) is 5.27. The highest BCUT2D eigenvalue weighted by Crippen LogP contribution is 2.24. The van der Waals surface area contributed by atoms with Gasteiger partial charge in [0.2, 0.25) is 5.91 Å². The molecule has 0 unspecified atom stereocenters. The van der Waals surface area contributed by atoms with Gasteiger partial charge in [-0.1, -0.05) is 6.07 Å². The quantitative estimate of drug-likeness (QED) is 0.814. The van der Waals surface area contributed by atoms with E-state index in [9.17, 15) is 4.79 Å². The number of thiophene rings is 1. The lowest BCUT2D eigenvalue weighted by molar-refractivity contribution is -0.116. The standard InChI is InChI=1S/C17H20N2O2S2/c20-17(6-5-14-3-2-10-23-14)18-13-15(16-4-1-9-21-16)19-7-11-22-12-8-19/h1-6,9-10,15H,7-8,11-13H2,(H,18,20)/b6-5+/t15-/m0/s1. The van der Waals surface area contributed by atoms with E-state index in [2.05, 4.69) is 10.2 Å². The minimum atomic E-state index is -0.0682. The summed E-state index contributed by atoms with van der Waals surface area (Å²) < 4.78 is 5.58. The molecule has 1 amide bonds. The van der Waals surface area contributed by atoms with Crippen LogP contribution in [0.4, 0.5) is 0 Å². The molecule has 0 bridgehead atoms. The Kier molecular flexibility index (Phi) is 5.96. The molecule has 1 fully saturated rings. The lowest BCUT2D eigenvalue weighted by Gasteiger charge is -2.33. The van der Waals surface area contributed by atoms with Gasteiger partial charge in [-0.2, -0.15) is 11.8 Å². The van der Waals surface area contributed by atoms with E-state index in [0.29, 0.717) is 6.54 Å². The summed E-state index contributed by atoms with van der Waals surface area (Å²) in [6.07, 6.45) is 5.13. The molecule has 0 spiro atoms. The second-order valence-corrected chi connectivity index (χ2v) is 7.48. The zero-order valence-electron chi connectivity index (χ0n) is 12.8. The molecule has 3 rings (SSSR count). The first-order valence-electron chi connectivity index (χ1n) is 7.67. The molecule has 2 aromatic heterocycles. The Bertz CT molecular complexity index is 617. The minimum absolute atomic E-state index is 0.0682. The molecule has 2 aromatic rings. The van der Waals surface area contributed by atoms with Crippen molar-refractivity contribution in [3.63, 3.8) is 0 Å². The van der Waals surface area contributed by atoms with E-state index in [0.717, 1.165) is 35.2 Å². The second kappa shape index (κ2) is 8.38. The van der Waals surface area contributed by atoms with E-state index >= 15 is 0 Å². The van der Waals surface area contributed by atoms with Gasteiger partial charge in [-0.25, -0.2) is 0 Å². The van der Waals surface area contributed by atoms with Crippen molar-refractivity contribution in [2.45, 2.75) is 6.04 Å². The Morgan fingerprint density at radius 1 is 1.35 bits per heavy atom. The van der Waals surface area contributed by atoms with Crippen molar-refractivity contribution < 1.29 is 9.21 Å². The molecule has 6 heteroatoms. The van der Waals surface area contributed by atoms with Crippen molar-refractivity contribution in [2.24, 2.45) is 0 Å². The van der Waals surface area contributed by atoms with Gasteiger partial charge in [0.05, 0.1) is 12.3 Å². The van der Waals surface area contributed by atoms with Crippen molar-refractivity contribution in [3.8, 4) is 0 Å². The van der Waals surface area contributed by atoms with E-state index in [1.807, 2.05) is 47.5 Å². The molecule has 1 aliphatic rings. The lowest BCUT2D eigenvalue weighted by atomic mass is 10.2. The molecule has 0 radical (unpaired) electrons. The molecular formula is C17H20N2O2S2. The highest BCUT2D eigenvalue weighted by Gasteiger charge is 2.24. The summed E-state index contributed by atoms with van der Waals surface area (Å²) in [4.78, 5) is 15.5. The van der Waals surface area contributed by atoms with E-state index in [-0.39, 0.29) is 11.9 Å². The lowest BCUT2D eigenvalue weighted by Crippen LogP contribution is -2.41. The normalized spacial score (nSPS) is 17.4. The van der Waals surface area contributed by atoms with Crippen LogP contribution in [0.15, 0.2) is 46.4 Å². The molecule has 1 N–H and O–H groups in total. The summed E-state index contributed by atoms with van der Waals surface area (Å²) in [5.41, 5.74) is 0. The summed E-state index contributed by atoms with van der Waals surface area (Å²) in [5.74, 6) is 3.10. The maximum absolute atomic E-state index is 12.0. The molecule has 1 aliphatic heterocycles. The molecule has 0 aliphatic carbocycles.